The smallest absolute Gasteiger partial charge is 0.282 e. The van der Waals surface area contributed by atoms with Gasteiger partial charge in [-0.25, -0.2) is 8.78 Å². The van der Waals surface area contributed by atoms with Gasteiger partial charge in [-0.3, -0.25) is 0 Å². The highest BCUT2D eigenvalue weighted by Crippen LogP contribution is 2.14. The zero-order chi connectivity index (χ0) is 12.3. The van der Waals surface area contributed by atoms with E-state index in [1.165, 1.54) is 0 Å². The van der Waals surface area contributed by atoms with Gasteiger partial charge in [-0.05, 0) is 25.5 Å². The van der Waals surface area contributed by atoms with Crippen molar-refractivity contribution in [3.63, 3.8) is 0 Å². The number of halogens is 2. The number of alkyl halides is 2. The molecule has 1 aromatic heterocycles. The molecular formula is C11H18F2N2O. The minimum absolute atomic E-state index is 0.392. The van der Waals surface area contributed by atoms with Crippen LogP contribution >= 0.6 is 0 Å². The third-order valence-electron chi connectivity index (χ3n) is 2.81. The van der Waals surface area contributed by atoms with E-state index in [1.807, 2.05) is 31.5 Å². The number of hydrogen-bond donors (Lipinski definition) is 2. The van der Waals surface area contributed by atoms with Gasteiger partial charge >= 0.3 is 0 Å². The standard InChI is InChI=1S/C11H18F2N2O/c1-8-4-10(9(2)15(8)3)5-14-6-11(12,13)7-16/h4,14,16H,5-7H2,1-3H3. The Bertz CT molecular complexity index is 361. The molecular weight excluding hydrogens is 214 g/mol. The van der Waals surface area contributed by atoms with Gasteiger partial charge in [0.15, 0.2) is 0 Å². The summed E-state index contributed by atoms with van der Waals surface area (Å²) in [6.07, 6.45) is 0. The highest BCUT2D eigenvalue weighted by atomic mass is 19.3. The van der Waals surface area contributed by atoms with Crippen molar-refractivity contribution in [3.05, 3.63) is 23.0 Å². The van der Waals surface area contributed by atoms with Crippen molar-refractivity contribution < 1.29 is 13.9 Å². The monoisotopic (exact) mass is 232 g/mol. The van der Waals surface area contributed by atoms with E-state index in [1.54, 1.807) is 0 Å². The van der Waals surface area contributed by atoms with E-state index in [0.717, 1.165) is 17.0 Å². The average Bonchev–Trinajstić information content (AvgIpc) is 2.46. The maximum absolute atomic E-state index is 12.7. The van der Waals surface area contributed by atoms with Crippen molar-refractivity contribution >= 4 is 0 Å². The normalized spacial score (nSPS) is 12.1. The number of rotatable bonds is 5. The molecule has 1 aromatic rings. The van der Waals surface area contributed by atoms with Crippen LogP contribution in [0.3, 0.4) is 0 Å². The SMILES string of the molecule is Cc1cc(CNCC(F)(F)CO)c(C)n1C. The molecule has 0 aliphatic heterocycles. The first-order chi connectivity index (χ1) is 7.37. The summed E-state index contributed by atoms with van der Waals surface area (Å²) in [5.41, 5.74) is 3.18. The fraction of sp³-hybridized carbons (Fsp3) is 0.636. The van der Waals surface area contributed by atoms with Crippen LogP contribution in [0.4, 0.5) is 8.78 Å². The fourth-order valence-electron chi connectivity index (χ4n) is 1.55. The van der Waals surface area contributed by atoms with Gasteiger partial charge in [0.1, 0.15) is 6.61 Å². The number of nitrogens with one attached hydrogen (secondary N) is 1. The second kappa shape index (κ2) is 4.93. The lowest BCUT2D eigenvalue weighted by molar-refractivity contribution is -0.0477. The van der Waals surface area contributed by atoms with Crippen LogP contribution < -0.4 is 5.32 Å². The third kappa shape index (κ3) is 3.02. The molecule has 0 aliphatic rings. The van der Waals surface area contributed by atoms with Crippen LogP contribution in [0, 0.1) is 13.8 Å². The lowest BCUT2D eigenvalue weighted by Crippen LogP contribution is -2.35. The summed E-state index contributed by atoms with van der Waals surface area (Å²) in [4.78, 5) is 0. The average molecular weight is 232 g/mol. The predicted octanol–water partition coefficient (Wildman–Crippen LogP) is 1.36. The molecule has 0 spiro atoms. The maximum Gasteiger partial charge on any atom is 0.282 e. The van der Waals surface area contributed by atoms with E-state index in [2.05, 4.69) is 5.32 Å². The molecule has 2 N–H and O–H groups in total. The summed E-state index contributed by atoms with van der Waals surface area (Å²) in [5.74, 6) is -3.04. The molecule has 1 rings (SSSR count). The van der Waals surface area contributed by atoms with Gasteiger partial charge in [0.2, 0.25) is 0 Å². The van der Waals surface area contributed by atoms with Crippen molar-refractivity contribution in [1.82, 2.24) is 9.88 Å². The number of hydrogen-bond acceptors (Lipinski definition) is 2. The van der Waals surface area contributed by atoms with E-state index in [9.17, 15) is 8.78 Å². The summed E-state index contributed by atoms with van der Waals surface area (Å²) < 4.78 is 27.5. The molecule has 5 heteroatoms. The molecule has 0 fully saturated rings. The molecule has 0 radical (unpaired) electrons. The Morgan fingerprint density at radius 1 is 1.44 bits per heavy atom. The third-order valence-corrected chi connectivity index (χ3v) is 2.81. The molecule has 0 saturated heterocycles. The second-order valence-corrected chi connectivity index (χ2v) is 4.07. The van der Waals surface area contributed by atoms with Crippen molar-refractivity contribution in [2.45, 2.75) is 26.3 Å². The maximum atomic E-state index is 12.7. The molecule has 0 amide bonds. The lowest BCUT2D eigenvalue weighted by atomic mass is 10.2. The zero-order valence-corrected chi connectivity index (χ0v) is 9.85. The molecule has 0 aromatic carbocycles. The topological polar surface area (TPSA) is 37.2 Å². The van der Waals surface area contributed by atoms with Gasteiger partial charge in [-0.1, -0.05) is 0 Å². The van der Waals surface area contributed by atoms with E-state index in [-0.39, 0.29) is 0 Å². The highest BCUT2D eigenvalue weighted by Gasteiger charge is 2.26. The Morgan fingerprint density at radius 2 is 2.06 bits per heavy atom. The fourth-order valence-corrected chi connectivity index (χ4v) is 1.55. The first-order valence-corrected chi connectivity index (χ1v) is 5.18. The van der Waals surface area contributed by atoms with Crippen LogP contribution in [-0.2, 0) is 13.6 Å². The van der Waals surface area contributed by atoms with Crippen LogP contribution in [0.15, 0.2) is 6.07 Å². The molecule has 3 nitrogen and oxygen atoms in total. The van der Waals surface area contributed by atoms with Gasteiger partial charge in [0.25, 0.3) is 5.92 Å². The van der Waals surface area contributed by atoms with Gasteiger partial charge in [-0.2, -0.15) is 0 Å². The Morgan fingerprint density at radius 3 is 2.50 bits per heavy atom. The Kier molecular flexibility index (Phi) is 4.04. The van der Waals surface area contributed by atoms with E-state index in [0.29, 0.717) is 6.54 Å². The number of aliphatic hydroxyl groups excluding tert-OH is 1. The van der Waals surface area contributed by atoms with Gasteiger partial charge < -0.3 is 15.0 Å². The quantitative estimate of drug-likeness (QED) is 0.804. The van der Waals surface area contributed by atoms with Crippen molar-refractivity contribution in [3.8, 4) is 0 Å². The van der Waals surface area contributed by atoms with Gasteiger partial charge in [0, 0.05) is 25.0 Å². The number of aryl methyl sites for hydroxylation is 1. The largest absolute Gasteiger partial charge is 0.390 e. The summed E-state index contributed by atoms with van der Waals surface area (Å²) in [6.45, 7) is 2.69. The predicted molar refractivity (Wildman–Crippen MR) is 58.6 cm³/mol. The molecule has 1 heterocycles. The molecule has 0 saturated carbocycles. The van der Waals surface area contributed by atoms with E-state index < -0.39 is 19.1 Å². The first kappa shape index (κ1) is 13.1. The molecule has 0 unspecified atom stereocenters. The Balaban J connectivity index is 2.53. The van der Waals surface area contributed by atoms with Crippen LogP contribution in [-0.4, -0.2) is 28.7 Å². The summed E-state index contributed by atoms with van der Waals surface area (Å²) in [6, 6.07) is 1.97. The van der Waals surface area contributed by atoms with Crippen molar-refractivity contribution in [2.24, 2.45) is 7.05 Å². The van der Waals surface area contributed by atoms with E-state index in [4.69, 9.17) is 5.11 Å². The van der Waals surface area contributed by atoms with E-state index >= 15 is 0 Å². The van der Waals surface area contributed by atoms with Crippen LogP contribution in [0.25, 0.3) is 0 Å². The zero-order valence-electron chi connectivity index (χ0n) is 9.85. The van der Waals surface area contributed by atoms with Crippen LogP contribution in [0.5, 0.6) is 0 Å². The van der Waals surface area contributed by atoms with Crippen molar-refractivity contribution in [1.29, 1.82) is 0 Å². The summed E-state index contributed by atoms with van der Waals surface area (Å²) in [7, 11) is 1.94. The Labute approximate surface area is 94.1 Å². The minimum atomic E-state index is -3.04. The summed E-state index contributed by atoms with van der Waals surface area (Å²) >= 11 is 0. The highest BCUT2D eigenvalue weighted by molar-refractivity contribution is 5.26. The number of nitrogens with zero attached hydrogens (tertiary/aromatic N) is 1. The summed E-state index contributed by atoms with van der Waals surface area (Å²) in [5, 5.41) is 11.1. The molecule has 16 heavy (non-hydrogen) atoms. The van der Waals surface area contributed by atoms with Gasteiger partial charge in [-0.15, -0.1) is 0 Å². The number of aromatic nitrogens is 1. The molecule has 0 atom stereocenters. The molecule has 0 aliphatic carbocycles. The lowest BCUT2D eigenvalue weighted by Gasteiger charge is -2.13. The Hall–Kier alpha value is -0.940. The minimum Gasteiger partial charge on any atom is -0.390 e. The van der Waals surface area contributed by atoms with Crippen molar-refractivity contribution in [2.75, 3.05) is 13.2 Å². The van der Waals surface area contributed by atoms with Crippen LogP contribution in [0.1, 0.15) is 17.0 Å². The second-order valence-electron chi connectivity index (χ2n) is 4.07. The van der Waals surface area contributed by atoms with Gasteiger partial charge in [0.05, 0.1) is 6.54 Å². The number of aliphatic hydroxyl groups is 1. The molecule has 92 valence electrons. The first-order valence-electron chi connectivity index (χ1n) is 5.18. The van der Waals surface area contributed by atoms with Crippen LogP contribution in [0.2, 0.25) is 0 Å². The molecule has 0 bridgehead atoms.